The number of piperidine rings is 1. The highest BCUT2D eigenvalue weighted by Crippen LogP contribution is 2.30. The fourth-order valence-electron chi connectivity index (χ4n) is 2.68. The number of rotatable bonds is 3. The molecule has 0 aliphatic carbocycles. The van der Waals surface area contributed by atoms with Crippen LogP contribution in [0.15, 0.2) is 24.3 Å². The third kappa shape index (κ3) is 3.16. The molecular formula is C15H21NO. The number of nitrogens with zero attached hydrogens (tertiary/aromatic N) is 1. The van der Waals surface area contributed by atoms with Crippen LogP contribution >= 0.6 is 0 Å². The zero-order valence-electron chi connectivity index (χ0n) is 10.8. The number of Topliss-reactive ketones (excluding diaryl/α,β-unsaturated/α-hetero) is 1. The fourth-order valence-corrected chi connectivity index (χ4v) is 2.68. The summed E-state index contributed by atoms with van der Waals surface area (Å²) in [5, 5.41) is 0. The maximum absolute atomic E-state index is 11.3. The van der Waals surface area contributed by atoms with Crippen LogP contribution in [0, 0.1) is 0 Å². The van der Waals surface area contributed by atoms with E-state index in [1.165, 1.54) is 37.1 Å². The lowest BCUT2D eigenvalue weighted by molar-refractivity contribution is -0.116. The highest BCUT2D eigenvalue weighted by atomic mass is 16.1. The Bertz CT molecular complexity index is 392. The summed E-state index contributed by atoms with van der Waals surface area (Å²) in [6.07, 6.45) is 3.01. The van der Waals surface area contributed by atoms with Crippen molar-refractivity contribution in [1.29, 1.82) is 0 Å². The number of ketones is 1. The van der Waals surface area contributed by atoms with E-state index < -0.39 is 0 Å². The SMILES string of the molecule is CC(=O)Cc1ccccc1C1CCN(C)CC1. The van der Waals surface area contributed by atoms with Crippen LogP contribution in [-0.2, 0) is 11.2 Å². The number of carbonyl (C=O) groups is 1. The molecule has 0 bridgehead atoms. The molecule has 1 aliphatic rings. The van der Waals surface area contributed by atoms with E-state index in [9.17, 15) is 4.79 Å². The molecule has 92 valence electrons. The van der Waals surface area contributed by atoms with Gasteiger partial charge in [-0.25, -0.2) is 0 Å². The van der Waals surface area contributed by atoms with Crippen LogP contribution in [0.25, 0.3) is 0 Å². The second-order valence-electron chi connectivity index (χ2n) is 5.16. The van der Waals surface area contributed by atoms with E-state index in [0.29, 0.717) is 12.3 Å². The minimum atomic E-state index is 0.255. The summed E-state index contributed by atoms with van der Waals surface area (Å²) in [5.74, 6) is 0.895. The van der Waals surface area contributed by atoms with Crippen LogP contribution in [-0.4, -0.2) is 30.8 Å². The van der Waals surface area contributed by atoms with Crippen molar-refractivity contribution in [1.82, 2.24) is 4.90 Å². The van der Waals surface area contributed by atoms with E-state index in [1.54, 1.807) is 6.92 Å². The van der Waals surface area contributed by atoms with Gasteiger partial charge in [0.25, 0.3) is 0 Å². The normalized spacial score (nSPS) is 18.2. The molecule has 1 aliphatic heterocycles. The summed E-state index contributed by atoms with van der Waals surface area (Å²) in [4.78, 5) is 13.7. The zero-order chi connectivity index (χ0) is 12.3. The molecular weight excluding hydrogens is 210 g/mol. The lowest BCUT2D eigenvalue weighted by Gasteiger charge is -2.30. The smallest absolute Gasteiger partial charge is 0.134 e. The second kappa shape index (κ2) is 5.46. The van der Waals surface area contributed by atoms with Gasteiger partial charge >= 0.3 is 0 Å². The number of likely N-dealkylation sites (tertiary alicyclic amines) is 1. The third-order valence-corrected chi connectivity index (χ3v) is 3.65. The van der Waals surface area contributed by atoms with Crippen LogP contribution in [0.2, 0.25) is 0 Å². The summed E-state index contributed by atoms with van der Waals surface area (Å²) >= 11 is 0. The minimum Gasteiger partial charge on any atom is -0.306 e. The number of hydrogen-bond donors (Lipinski definition) is 0. The molecule has 17 heavy (non-hydrogen) atoms. The van der Waals surface area contributed by atoms with Crippen molar-refractivity contribution in [3.05, 3.63) is 35.4 Å². The Morgan fingerprint density at radius 3 is 2.59 bits per heavy atom. The molecule has 2 heteroatoms. The van der Waals surface area contributed by atoms with Gasteiger partial charge in [-0.2, -0.15) is 0 Å². The monoisotopic (exact) mass is 231 g/mol. The predicted octanol–water partition coefficient (Wildman–Crippen LogP) is 2.63. The lowest BCUT2D eigenvalue weighted by atomic mass is 9.85. The van der Waals surface area contributed by atoms with Gasteiger partial charge < -0.3 is 4.90 Å². The van der Waals surface area contributed by atoms with Crippen LogP contribution in [0.4, 0.5) is 0 Å². The van der Waals surface area contributed by atoms with Crippen molar-refractivity contribution in [2.24, 2.45) is 0 Å². The molecule has 1 fully saturated rings. The van der Waals surface area contributed by atoms with E-state index in [4.69, 9.17) is 0 Å². The average molecular weight is 231 g/mol. The van der Waals surface area contributed by atoms with Gasteiger partial charge in [-0.05, 0) is 56.9 Å². The first kappa shape index (κ1) is 12.3. The largest absolute Gasteiger partial charge is 0.306 e. The maximum Gasteiger partial charge on any atom is 0.134 e. The van der Waals surface area contributed by atoms with Gasteiger partial charge in [-0.3, -0.25) is 4.79 Å². The van der Waals surface area contributed by atoms with E-state index >= 15 is 0 Å². The zero-order valence-corrected chi connectivity index (χ0v) is 10.8. The Hall–Kier alpha value is -1.15. The molecule has 1 aromatic carbocycles. The number of carbonyl (C=O) groups excluding carboxylic acids is 1. The topological polar surface area (TPSA) is 20.3 Å². The van der Waals surface area contributed by atoms with Crippen LogP contribution in [0.5, 0.6) is 0 Å². The Kier molecular flexibility index (Phi) is 3.95. The molecule has 0 saturated carbocycles. The highest BCUT2D eigenvalue weighted by Gasteiger charge is 2.20. The molecule has 1 saturated heterocycles. The molecule has 0 aromatic heterocycles. The Morgan fingerprint density at radius 2 is 1.94 bits per heavy atom. The predicted molar refractivity (Wildman–Crippen MR) is 70.3 cm³/mol. The van der Waals surface area contributed by atoms with E-state index in [-0.39, 0.29) is 5.78 Å². The number of hydrogen-bond acceptors (Lipinski definition) is 2. The number of benzene rings is 1. The van der Waals surface area contributed by atoms with Crippen LogP contribution < -0.4 is 0 Å². The van der Waals surface area contributed by atoms with E-state index in [1.807, 2.05) is 6.07 Å². The second-order valence-corrected chi connectivity index (χ2v) is 5.16. The quantitative estimate of drug-likeness (QED) is 0.797. The van der Waals surface area contributed by atoms with Gasteiger partial charge in [0.2, 0.25) is 0 Å². The van der Waals surface area contributed by atoms with E-state index in [0.717, 1.165) is 0 Å². The minimum absolute atomic E-state index is 0.255. The Balaban J connectivity index is 2.16. The molecule has 0 N–H and O–H groups in total. The summed E-state index contributed by atoms with van der Waals surface area (Å²) in [5.41, 5.74) is 2.63. The van der Waals surface area contributed by atoms with Crippen molar-refractivity contribution < 1.29 is 4.79 Å². The molecule has 0 unspecified atom stereocenters. The first-order valence-corrected chi connectivity index (χ1v) is 6.42. The van der Waals surface area contributed by atoms with Crippen LogP contribution in [0.1, 0.15) is 36.8 Å². The molecule has 1 aromatic rings. The standard InChI is InChI=1S/C15H21NO/c1-12(17)11-14-5-3-4-6-15(14)13-7-9-16(2)10-8-13/h3-6,13H,7-11H2,1-2H3. The highest BCUT2D eigenvalue weighted by molar-refractivity contribution is 5.78. The van der Waals surface area contributed by atoms with Crippen LogP contribution in [0.3, 0.4) is 0 Å². The first-order chi connectivity index (χ1) is 8.16. The van der Waals surface area contributed by atoms with Gasteiger partial charge in [-0.15, -0.1) is 0 Å². The van der Waals surface area contributed by atoms with Crippen molar-refractivity contribution >= 4 is 5.78 Å². The fraction of sp³-hybridized carbons (Fsp3) is 0.533. The average Bonchev–Trinajstić information content (AvgIpc) is 2.30. The van der Waals surface area contributed by atoms with Gasteiger partial charge in [0.1, 0.15) is 5.78 Å². The van der Waals surface area contributed by atoms with Gasteiger partial charge in [0.15, 0.2) is 0 Å². The first-order valence-electron chi connectivity index (χ1n) is 6.42. The van der Waals surface area contributed by atoms with Gasteiger partial charge in [0, 0.05) is 6.42 Å². The summed E-state index contributed by atoms with van der Waals surface area (Å²) in [7, 11) is 2.18. The van der Waals surface area contributed by atoms with Gasteiger partial charge in [0.05, 0.1) is 0 Å². The summed E-state index contributed by atoms with van der Waals surface area (Å²) in [6.45, 7) is 4.00. The lowest BCUT2D eigenvalue weighted by Crippen LogP contribution is -2.29. The van der Waals surface area contributed by atoms with Crippen molar-refractivity contribution in [3.63, 3.8) is 0 Å². The summed E-state index contributed by atoms with van der Waals surface area (Å²) < 4.78 is 0. The third-order valence-electron chi connectivity index (χ3n) is 3.65. The molecule has 0 atom stereocenters. The van der Waals surface area contributed by atoms with Crippen molar-refractivity contribution in [2.45, 2.75) is 32.1 Å². The molecule has 0 amide bonds. The van der Waals surface area contributed by atoms with Gasteiger partial charge in [-0.1, -0.05) is 24.3 Å². The Labute approximate surface area is 104 Å². The maximum atomic E-state index is 11.3. The van der Waals surface area contributed by atoms with Crippen molar-refractivity contribution in [3.8, 4) is 0 Å². The van der Waals surface area contributed by atoms with E-state index in [2.05, 4.69) is 30.1 Å². The Morgan fingerprint density at radius 1 is 1.29 bits per heavy atom. The molecule has 0 spiro atoms. The summed E-state index contributed by atoms with van der Waals surface area (Å²) in [6, 6.07) is 8.44. The molecule has 0 radical (unpaired) electrons. The molecule has 2 nitrogen and oxygen atoms in total. The van der Waals surface area contributed by atoms with Crippen molar-refractivity contribution in [2.75, 3.05) is 20.1 Å². The molecule has 1 heterocycles. The molecule has 2 rings (SSSR count).